The summed E-state index contributed by atoms with van der Waals surface area (Å²) in [6.07, 6.45) is 3.39. The molecule has 0 fully saturated rings. The van der Waals surface area contributed by atoms with Crippen LogP contribution in [0.1, 0.15) is 33.6 Å². The van der Waals surface area contributed by atoms with Gasteiger partial charge in [-0.15, -0.1) is 0 Å². The van der Waals surface area contributed by atoms with Crippen LogP contribution in [0.2, 0.25) is 0 Å². The molecule has 1 atom stereocenters. The quantitative estimate of drug-likeness (QED) is 0.785. The van der Waals surface area contributed by atoms with Crippen LogP contribution in [0.5, 0.6) is 11.9 Å². The minimum absolute atomic E-state index is 0.309. The Labute approximate surface area is 102 Å². The Kier molecular flexibility index (Phi) is 5.15. The number of aromatic nitrogens is 2. The molecule has 0 bridgehead atoms. The molecular weight excluding hydrogens is 218 g/mol. The maximum atomic E-state index is 5.97. The first-order chi connectivity index (χ1) is 8.07. The molecule has 1 unspecified atom stereocenters. The summed E-state index contributed by atoms with van der Waals surface area (Å²) in [7, 11) is 0. The first-order valence-corrected chi connectivity index (χ1v) is 5.95. The molecule has 0 saturated heterocycles. The van der Waals surface area contributed by atoms with E-state index in [9.17, 15) is 0 Å². The van der Waals surface area contributed by atoms with Gasteiger partial charge in [-0.3, -0.25) is 0 Å². The summed E-state index contributed by atoms with van der Waals surface area (Å²) in [5, 5.41) is 0. The van der Waals surface area contributed by atoms with Crippen LogP contribution in [-0.2, 0) is 0 Å². The van der Waals surface area contributed by atoms with Crippen LogP contribution < -0.4 is 15.2 Å². The third-order valence-electron chi connectivity index (χ3n) is 2.40. The van der Waals surface area contributed by atoms with Gasteiger partial charge in [0.25, 0.3) is 0 Å². The van der Waals surface area contributed by atoms with Crippen LogP contribution in [0.4, 0.5) is 0 Å². The van der Waals surface area contributed by atoms with Crippen molar-refractivity contribution < 1.29 is 9.47 Å². The van der Waals surface area contributed by atoms with Gasteiger partial charge in [0.2, 0.25) is 5.88 Å². The Hall–Kier alpha value is -1.36. The maximum Gasteiger partial charge on any atom is 0.319 e. The molecule has 96 valence electrons. The van der Waals surface area contributed by atoms with Gasteiger partial charge in [-0.05, 0) is 19.8 Å². The number of ether oxygens (including phenoxy) is 2. The standard InChI is InChI=1S/C12H21N3O2/c1-4-8-16-10-6-7-14-11(15-10)17-9-12(3,13)5-2/h6-7H,4-5,8-9,13H2,1-3H3. The predicted molar refractivity (Wildman–Crippen MR) is 66.2 cm³/mol. The molecule has 0 amide bonds. The van der Waals surface area contributed by atoms with Crippen LogP contribution in [-0.4, -0.2) is 28.7 Å². The van der Waals surface area contributed by atoms with Crippen molar-refractivity contribution in [3.63, 3.8) is 0 Å². The van der Waals surface area contributed by atoms with Gasteiger partial charge in [-0.1, -0.05) is 13.8 Å². The molecule has 1 aromatic heterocycles. The highest BCUT2D eigenvalue weighted by atomic mass is 16.5. The van der Waals surface area contributed by atoms with Gasteiger partial charge < -0.3 is 15.2 Å². The fourth-order valence-electron chi connectivity index (χ4n) is 1.01. The van der Waals surface area contributed by atoms with Gasteiger partial charge in [0.1, 0.15) is 6.61 Å². The molecule has 0 saturated carbocycles. The van der Waals surface area contributed by atoms with Crippen LogP contribution in [0.15, 0.2) is 12.3 Å². The third kappa shape index (κ3) is 4.99. The second-order valence-corrected chi connectivity index (χ2v) is 4.32. The normalized spacial score (nSPS) is 14.1. The van der Waals surface area contributed by atoms with Crippen molar-refractivity contribution >= 4 is 0 Å². The predicted octanol–water partition coefficient (Wildman–Crippen LogP) is 1.77. The monoisotopic (exact) mass is 239 g/mol. The van der Waals surface area contributed by atoms with Gasteiger partial charge in [0.05, 0.1) is 6.61 Å². The molecule has 1 rings (SSSR count). The maximum absolute atomic E-state index is 5.97. The number of nitrogens with zero attached hydrogens (tertiary/aromatic N) is 2. The molecule has 0 radical (unpaired) electrons. The van der Waals surface area contributed by atoms with Crippen LogP contribution in [0.3, 0.4) is 0 Å². The molecule has 17 heavy (non-hydrogen) atoms. The average molecular weight is 239 g/mol. The van der Waals surface area contributed by atoms with E-state index < -0.39 is 0 Å². The van der Waals surface area contributed by atoms with Crippen molar-refractivity contribution in [3.8, 4) is 11.9 Å². The lowest BCUT2D eigenvalue weighted by Crippen LogP contribution is -2.41. The van der Waals surface area contributed by atoms with Crippen molar-refractivity contribution in [2.24, 2.45) is 5.73 Å². The molecule has 2 N–H and O–H groups in total. The molecule has 1 aromatic rings. The van der Waals surface area contributed by atoms with Crippen LogP contribution >= 0.6 is 0 Å². The van der Waals surface area contributed by atoms with E-state index in [0.717, 1.165) is 12.8 Å². The van der Waals surface area contributed by atoms with E-state index in [-0.39, 0.29) is 5.54 Å². The lowest BCUT2D eigenvalue weighted by Gasteiger charge is -2.21. The zero-order valence-corrected chi connectivity index (χ0v) is 10.8. The van der Waals surface area contributed by atoms with E-state index >= 15 is 0 Å². The SMILES string of the molecule is CCCOc1ccnc(OCC(C)(N)CC)n1. The number of hydrogen-bond acceptors (Lipinski definition) is 5. The molecule has 5 nitrogen and oxygen atoms in total. The van der Waals surface area contributed by atoms with Gasteiger partial charge in [-0.25, -0.2) is 4.98 Å². The molecule has 0 aliphatic carbocycles. The van der Waals surface area contributed by atoms with Crippen molar-refractivity contribution in [2.75, 3.05) is 13.2 Å². The molecular formula is C12H21N3O2. The largest absolute Gasteiger partial charge is 0.478 e. The Morgan fingerprint density at radius 3 is 2.76 bits per heavy atom. The fraction of sp³-hybridized carbons (Fsp3) is 0.667. The average Bonchev–Trinajstić information content (AvgIpc) is 2.35. The summed E-state index contributed by atoms with van der Waals surface area (Å²) in [5.74, 6) is 0.534. The highest BCUT2D eigenvalue weighted by Gasteiger charge is 2.17. The van der Waals surface area contributed by atoms with Crippen molar-refractivity contribution in [3.05, 3.63) is 12.3 Å². The lowest BCUT2D eigenvalue weighted by molar-refractivity contribution is 0.206. The first kappa shape index (κ1) is 13.7. The zero-order valence-electron chi connectivity index (χ0n) is 10.8. The molecule has 0 aliphatic heterocycles. The summed E-state index contributed by atoms with van der Waals surface area (Å²) in [6.45, 7) is 7.02. The Bertz CT molecular complexity index is 342. The molecule has 0 aliphatic rings. The van der Waals surface area contributed by atoms with Gasteiger partial charge in [0, 0.05) is 17.8 Å². The minimum Gasteiger partial charge on any atom is -0.478 e. The first-order valence-electron chi connectivity index (χ1n) is 5.95. The van der Waals surface area contributed by atoms with Crippen LogP contribution in [0.25, 0.3) is 0 Å². The summed E-state index contributed by atoms with van der Waals surface area (Å²) < 4.78 is 10.8. The summed E-state index contributed by atoms with van der Waals surface area (Å²) >= 11 is 0. The molecule has 0 spiro atoms. The van der Waals surface area contributed by atoms with E-state index in [4.69, 9.17) is 15.2 Å². The molecule has 0 aromatic carbocycles. The van der Waals surface area contributed by atoms with Crippen molar-refractivity contribution in [1.82, 2.24) is 9.97 Å². The summed E-state index contributed by atoms with van der Waals surface area (Å²) in [4.78, 5) is 8.15. The van der Waals surface area contributed by atoms with Gasteiger partial charge in [0.15, 0.2) is 0 Å². The second kappa shape index (κ2) is 6.39. The Morgan fingerprint density at radius 1 is 1.35 bits per heavy atom. The van der Waals surface area contributed by atoms with E-state index in [1.807, 2.05) is 20.8 Å². The highest BCUT2D eigenvalue weighted by Crippen LogP contribution is 2.12. The number of rotatable bonds is 7. The van der Waals surface area contributed by atoms with Crippen molar-refractivity contribution in [1.29, 1.82) is 0 Å². The number of nitrogens with two attached hydrogens (primary N) is 1. The van der Waals surface area contributed by atoms with Crippen molar-refractivity contribution in [2.45, 2.75) is 39.2 Å². The summed E-state index contributed by atoms with van der Waals surface area (Å²) in [6, 6.07) is 2.02. The van der Waals surface area contributed by atoms with E-state index in [1.165, 1.54) is 0 Å². The number of hydrogen-bond donors (Lipinski definition) is 1. The van der Waals surface area contributed by atoms with Crippen LogP contribution in [0, 0.1) is 0 Å². The van der Waals surface area contributed by atoms with E-state index in [2.05, 4.69) is 9.97 Å². The third-order valence-corrected chi connectivity index (χ3v) is 2.40. The smallest absolute Gasteiger partial charge is 0.319 e. The highest BCUT2D eigenvalue weighted by molar-refractivity contribution is 5.11. The molecule has 5 heteroatoms. The van der Waals surface area contributed by atoms with E-state index in [1.54, 1.807) is 12.3 Å². The fourth-order valence-corrected chi connectivity index (χ4v) is 1.01. The second-order valence-electron chi connectivity index (χ2n) is 4.32. The lowest BCUT2D eigenvalue weighted by atomic mass is 10.0. The Morgan fingerprint density at radius 2 is 2.12 bits per heavy atom. The zero-order chi connectivity index (χ0) is 12.7. The minimum atomic E-state index is -0.357. The Balaban J connectivity index is 2.53. The van der Waals surface area contributed by atoms with Gasteiger partial charge >= 0.3 is 6.01 Å². The van der Waals surface area contributed by atoms with Gasteiger partial charge in [-0.2, -0.15) is 4.98 Å². The topological polar surface area (TPSA) is 70.3 Å². The van der Waals surface area contributed by atoms with E-state index in [0.29, 0.717) is 25.1 Å². The molecule has 1 heterocycles. The summed E-state index contributed by atoms with van der Waals surface area (Å²) in [5.41, 5.74) is 5.61.